The summed E-state index contributed by atoms with van der Waals surface area (Å²) in [5.41, 5.74) is -0.146. The summed E-state index contributed by atoms with van der Waals surface area (Å²) >= 11 is 0. The number of aromatic nitrogens is 4. The summed E-state index contributed by atoms with van der Waals surface area (Å²) in [5.74, 6) is 0.647. The van der Waals surface area contributed by atoms with Crippen molar-refractivity contribution in [2.24, 2.45) is 0 Å². The van der Waals surface area contributed by atoms with Crippen molar-refractivity contribution in [1.29, 1.82) is 0 Å². The number of hydrogen-bond acceptors (Lipinski definition) is 5. The molecule has 1 aromatic carbocycles. The van der Waals surface area contributed by atoms with E-state index in [1.807, 2.05) is 0 Å². The van der Waals surface area contributed by atoms with Crippen LogP contribution in [0, 0.1) is 0 Å². The summed E-state index contributed by atoms with van der Waals surface area (Å²) in [7, 11) is 0. The lowest BCUT2D eigenvalue weighted by molar-refractivity contribution is -0.137. The number of fused-ring (bicyclic) bond motifs is 2. The van der Waals surface area contributed by atoms with E-state index >= 15 is 0 Å². The molecule has 2 atom stereocenters. The van der Waals surface area contributed by atoms with E-state index in [2.05, 4.69) is 39.2 Å². The largest absolute Gasteiger partial charge is 0.416 e. The van der Waals surface area contributed by atoms with E-state index < -0.39 is 11.7 Å². The van der Waals surface area contributed by atoms with Crippen LogP contribution in [0.3, 0.4) is 0 Å². The number of tetrazole rings is 1. The van der Waals surface area contributed by atoms with Crippen LogP contribution in [0.25, 0.3) is 5.69 Å². The van der Waals surface area contributed by atoms with Crippen molar-refractivity contribution in [3.63, 3.8) is 0 Å². The number of rotatable bonds is 4. The molecule has 6 nitrogen and oxygen atoms in total. The van der Waals surface area contributed by atoms with E-state index in [-0.39, 0.29) is 12.4 Å². The molecule has 0 unspecified atom stereocenters. The van der Waals surface area contributed by atoms with Gasteiger partial charge in [-0.1, -0.05) is 0 Å². The van der Waals surface area contributed by atoms with Crippen LogP contribution < -0.4 is 0 Å². The predicted octanol–water partition coefficient (Wildman–Crippen LogP) is 2.77. The summed E-state index contributed by atoms with van der Waals surface area (Å²) in [6, 6.07) is 6.51. The summed E-state index contributed by atoms with van der Waals surface area (Å²) in [6.45, 7) is 7.06. The molecule has 0 radical (unpaired) electrons. The average Bonchev–Trinajstić information content (AvgIpc) is 3.29. The maximum absolute atomic E-state index is 12.7. The maximum Gasteiger partial charge on any atom is 0.416 e. The first-order chi connectivity index (χ1) is 12.3. The molecule has 2 saturated heterocycles. The fraction of sp³-hybridized carbons (Fsp3) is 0.588. The van der Waals surface area contributed by atoms with Crippen LogP contribution >= 0.6 is 12.4 Å². The van der Waals surface area contributed by atoms with Gasteiger partial charge in [0.05, 0.1) is 17.8 Å². The van der Waals surface area contributed by atoms with Crippen molar-refractivity contribution >= 4 is 12.4 Å². The second-order valence-corrected chi connectivity index (χ2v) is 7.31. The average molecular weight is 403 g/mol. The predicted molar refractivity (Wildman–Crippen MR) is 95.8 cm³/mol. The molecule has 10 heteroatoms. The Morgan fingerprint density at radius 3 is 2.37 bits per heavy atom. The minimum absolute atomic E-state index is 0. The molecule has 2 aromatic rings. The number of alkyl halides is 3. The summed E-state index contributed by atoms with van der Waals surface area (Å²) in [6.07, 6.45) is -3.20. The number of piperazine rings is 1. The molecule has 0 saturated carbocycles. The van der Waals surface area contributed by atoms with Crippen LogP contribution in [-0.2, 0) is 12.7 Å². The van der Waals surface area contributed by atoms with Crippen molar-refractivity contribution in [2.75, 3.05) is 13.1 Å². The first-order valence-corrected chi connectivity index (χ1v) is 8.77. The summed E-state index contributed by atoms with van der Waals surface area (Å²) < 4.78 is 39.7. The van der Waals surface area contributed by atoms with E-state index in [0.717, 1.165) is 31.6 Å². The fourth-order valence-corrected chi connectivity index (χ4v) is 4.08. The standard InChI is InChI=1S/C17H21F3N6.ClH/c1-11(2)25-9-14-7-15(25)8-24(14)10-16-21-22-23-26(16)13-5-3-12(4-6-13)17(18,19)20;/h3-6,11,14-15H,7-10H2,1-2H3;1H/t14-,15-;/m0./s1. The third kappa shape index (κ3) is 3.81. The molecule has 0 spiro atoms. The van der Waals surface area contributed by atoms with Crippen molar-refractivity contribution < 1.29 is 13.2 Å². The van der Waals surface area contributed by atoms with E-state index in [0.29, 0.717) is 36.2 Å². The Bertz CT molecular complexity index is 776. The van der Waals surface area contributed by atoms with E-state index in [1.54, 1.807) is 0 Å². The van der Waals surface area contributed by atoms with Gasteiger partial charge in [0.25, 0.3) is 0 Å². The zero-order valence-corrected chi connectivity index (χ0v) is 15.9. The highest BCUT2D eigenvalue weighted by Crippen LogP contribution is 2.33. The zero-order valence-electron chi connectivity index (χ0n) is 15.1. The van der Waals surface area contributed by atoms with Crippen LogP contribution in [0.1, 0.15) is 31.7 Å². The lowest BCUT2D eigenvalue weighted by atomic mass is 10.2. The van der Waals surface area contributed by atoms with Gasteiger partial charge in [-0.3, -0.25) is 9.80 Å². The van der Waals surface area contributed by atoms with Gasteiger partial charge in [-0.25, -0.2) is 0 Å². The molecule has 2 aliphatic rings. The van der Waals surface area contributed by atoms with Crippen LogP contribution in [0.4, 0.5) is 13.2 Å². The van der Waals surface area contributed by atoms with Crippen molar-refractivity contribution in [2.45, 2.75) is 51.1 Å². The van der Waals surface area contributed by atoms with Gasteiger partial charge in [0.1, 0.15) is 0 Å². The molecule has 2 fully saturated rings. The first kappa shape index (κ1) is 20.0. The summed E-state index contributed by atoms with van der Waals surface area (Å²) in [4.78, 5) is 4.90. The number of likely N-dealkylation sites (tertiary alicyclic amines) is 2. The van der Waals surface area contributed by atoms with Crippen molar-refractivity contribution in [3.05, 3.63) is 35.7 Å². The van der Waals surface area contributed by atoms with Crippen molar-refractivity contribution in [3.8, 4) is 5.69 Å². The molecule has 0 amide bonds. The zero-order chi connectivity index (χ0) is 18.5. The smallest absolute Gasteiger partial charge is 0.295 e. The molecule has 148 valence electrons. The van der Waals surface area contributed by atoms with Gasteiger partial charge in [-0.2, -0.15) is 17.9 Å². The number of nitrogens with zero attached hydrogens (tertiary/aromatic N) is 6. The van der Waals surface area contributed by atoms with Gasteiger partial charge in [-0.05, 0) is 55.0 Å². The lowest BCUT2D eigenvalue weighted by Crippen LogP contribution is -2.48. The normalized spacial score (nSPS) is 23.2. The third-order valence-electron chi connectivity index (χ3n) is 5.38. The molecule has 0 N–H and O–H groups in total. The Hall–Kier alpha value is -1.71. The Labute approximate surface area is 161 Å². The van der Waals surface area contributed by atoms with E-state index in [1.165, 1.54) is 16.8 Å². The molecule has 3 heterocycles. The molecule has 1 aromatic heterocycles. The highest BCUT2D eigenvalue weighted by atomic mass is 35.5. The Kier molecular flexibility index (Phi) is 5.47. The Balaban J connectivity index is 0.00000210. The molecule has 2 bridgehead atoms. The lowest BCUT2D eigenvalue weighted by Gasteiger charge is -2.36. The molecular formula is C17H22ClF3N6. The Morgan fingerprint density at radius 1 is 1.11 bits per heavy atom. The first-order valence-electron chi connectivity index (χ1n) is 8.77. The van der Waals surface area contributed by atoms with Gasteiger partial charge < -0.3 is 0 Å². The maximum atomic E-state index is 12.7. The van der Waals surface area contributed by atoms with Crippen LogP contribution in [0.5, 0.6) is 0 Å². The van der Waals surface area contributed by atoms with E-state index in [9.17, 15) is 13.2 Å². The molecule has 27 heavy (non-hydrogen) atoms. The second kappa shape index (κ2) is 7.37. The molecule has 0 aliphatic carbocycles. The topological polar surface area (TPSA) is 50.1 Å². The van der Waals surface area contributed by atoms with Gasteiger partial charge in [0, 0.05) is 31.2 Å². The quantitative estimate of drug-likeness (QED) is 0.787. The minimum Gasteiger partial charge on any atom is -0.295 e. The number of hydrogen-bond donors (Lipinski definition) is 0. The highest BCUT2D eigenvalue weighted by Gasteiger charge is 2.44. The minimum atomic E-state index is -4.35. The van der Waals surface area contributed by atoms with Crippen LogP contribution in [-0.4, -0.2) is 61.2 Å². The SMILES string of the molecule is CC(C)N1C[C@@H]2C[C@H]1CN2Cc1nnnn1-c1ccc(C(F)(F)F)cc1.Cl. The highest BCUT2D eigenvalue weighted by molar-refractivity contribution is 5.85. The van der Waals surface area contributed by atoms with Crippen LogP contribution in [0.2, 0.25) is 0 Å². The second-order valence-electron chi connectivity index (χ2n) is 7.31. The van der Waals surface area contributed by atoms with Crippen molar-refractivity contribution in [1.82, 2.24) is 30.0 Å². The van der Waals surface area contributed by atoms with E-state index in [4.69, 9.17) is 0 Å². The van der Waals surface area contributed by atoms with Gasteiger partial charge in [0.15, 0.2) is 5.82 Å². The molecule has 2 aliphatic heterocycles. The Morgan fingerprint density at radius 2 is 1.81 bits per heavy atom. The third-order valence-corrected chi connectivity index (χ3v) is 5.38. The number of benzene rings is 1. The monoisotopic (exact) mass is 402 g/mol. The van der Waals surface area contributed by atoms with Crippen LogP contribution in [0.15, 0.2) is 24.3 Å². The summed E-state index contributed by atoms with van der Waals surface area (Å²) in [5, 5.41) is 11.8. The molecule has 4 rings (SSSR count). The van der Waals surface area contributed by atoms with Gasteiger partial charge in [-0.15, -0.1) is 17.5 Å². The fourth-order valence-electron chi connectivity index (χ4n) is 4.08. The number of halogens is 4. The van der Waals surface area contributed by atoms with Gasteiger partial charge >= 0.3 is 6.18 Å². The van der Waals surface area contributed by atoms with Gasteiger partial charge in [0.2, 0.25) is 0 Å². The molecular weight excluding hydrogens is 381 g/mol.